The minimum Gasteiger partial charge on any atom is -0.380 e. The van der Waals surface area contributed by atoms with Crippen molar-refractivity contribution in [1.82, 2.24) is 15.1 Å². The van der Waals surface area contributed by atoms with E-state index in [0.29, 0.717) is 0 Å². The predicted octanol–water partition coefficient (Wildman–Crippen LogP) is 2.02. The highest BCUT2D eigenvalue weighted by atomic mass is 32.1. The maximum absolute atomic E-state index is 4.68. The van der Waals surface area contributed by atoms with Crippen LogP contribution in [-0.4, -0.2) is 48.0 Å². The first-order valence-electron chi connectivity index (χ1n) is 7.35. The van der Waals surface area contributed by atoms with Gasteiger partial charge in [0, 0.05) is 50.2 Å². The highest BCUT2D eigenvalue weighted by molar-refractivity contribution is 7.80. The molecule has 1 atom stereocenters. The number of rotatable bonds is 4. The molecular weight excluding hydrogens is 280 g/mol. The molecule has 0 saturated carbocycles. The fraction of sp³-hybridized carbons (Fsp3) is 0.375. The molecule has 1 aromatic rings. The van der Waals surface area contributed by atoms with Crippen molar-refractivity contribution in [3.63, 3.8) is 0 Å². The van der Waals surface area contributed by atoms with Gasteiger partial charge in [-0.3, -0.25) is 4.90 Å². The molecule has 112 valence electrons. The van der Waals surface area contributed by atoms with E-state index in [1.165, 1.54) is 16.8 Å². The Morgan fingerprint density at radius 3 is 2.76 bits per heavy atom. The molecule has 0 radical (unpaired) electrons. The maximum atomic E-state index is 4.68. The monoisotopic (exact) mass is 302 g/mol. The second-order valence-electron chi connectivity index (χ2n) is 5.36. The van der Waals surface area contributed by atoms with Crippen LogP contribution in [0, 0.1) is 0 Å². The summed E-state index contributed by atoms with van der Waals surface area (Å²) in [5.41, 5.74) is 3.83. The van der Waals surface area contributed by atoms with Gasteiger partial charge in [-0.15, -0.1) is 12.6 Å². The summed E-state index contributed by atoms with van der Waals surface area (Å²) >= 11 is 4.68. The molecule has 0 bridgehead atoms. The number of fused-ring (bicyclic) bond motifs is 1. The van der Waals surface area contributed by atoms with Crippen LogP contribution in [0.3, 0.4) is 0 Å². The minimum atomic E-state index is 0.0530. The lowest BCUT2D eigenvalue weighted by molar-refractivity contribution is 0.151. The lowest BCUT2D eigenvalue weighted by atomic mass is 10.1. The highest BCUT2D eigenvalue weighted by Crippen LogP contribution is 2.29. The van der Waals surface area contributed by atoms with E-state index >= 15 is 0 Å². The number of nitrogens with one attached hydrogen (secondary N) is 2. The van der Waals surface area contributed by atoms with Crippen molar-refractivity contribution in [1.29, 1.82) is 0 Å². The Bertz CT molecular complexity index is 535. The Morgan fingerprint density at radius 2 is 2.00 bits per heavy atom. The SMILES string of the molecule is C=CN1CCN(C(S)N/C=C2/CNc3ccccc32)CC1. The summed E-state index contributed by atoms with van der Waals surface area (Å²) in [5.74, 6) is 0. The number of nitrogens with zero attached hydrogens (tertiary/aromatic N) is 2. The number of anilines is 1. The third kappa shape index (κ3) is 3.19. The zero-order valence-electron chi connectivity index (χ0n) is 12.1. The Balaban J connectivity index is 1.58. The van der Waals surface area contributed by atoms with Gasteiger partial charge in [0.25, 0.3) is 0 Å². The van der Waals surface area contributed by atoms with Gasteiger partial charge in [-0.1, -0.05) is 24.8 Å². The van der Waals surface area contributed by atoms with Gasteiger partial charge in [-0.25, -0.2) is 0 Å². The molecule has 4 nitrogen and oxygen atoms in total. The third-order valence-electron chi connectivity index (χ3n) is 4.10. The molecule has 1 aromatic carbocycles. The van der Waals surface area contributed by atoms with Crippen molar-refractivity contribution < 1.29 is 0 Å². The van der Waals surface area contributed by atoms with Gasteiger partial charge in [-0.2, -0.15) is 0 Å². The van der Waals surface area contributed by atoms with E-state index in [-0.39, 0.29) is 5.50 Å². The first-order valence-corrected chi connectivity index (χ1v) is 7.86. The van der Waals surface area contributed by atoms with Gasteiger partial charge in [0.2, 0.25) is 0 Å². The van der Waals surface area contributed by atoms with Gasteiger partial charge in [0.1, 0.15) is 5.50 Å². The van der Waals surface area contributed by atoms with Crippen LogP contribution in [-0.2, 0) is 0 Å². The van der Waals surface area contributed by atoms with Crippen molar-refractivity contribution in [2.75, 3.05) is 38.0 Å². The number of hydrogen-bond donors (Lipinski definition) is 3. The molecular formula is C16H22N4S. The van der Waals surface area contributed by atoms with Crippen LogP contribution < -0.4 is 10.6 Å². The van der Waals surface area contributed by atoms with Gasteiger partial charge >= 0.3 is 0 Å². The minimum absolute atomic E-state index is 0.0530. The average molecular weight is 302 g/mol. The Hall–Kier alpha value is -1.59. The molecule has 0 spiro atoms. The average Bonchev–Trinajstić information content (AvgIpc) is 2.96. The molecule has 1 fully saturated rings. The lowest BCUT2D eigenvalue weighted by Gasteiger charge is -2.37. The summed E-state index contributed by atoms with van der Waals surface area (Å²) in [6.07, 6.45) is 4.01. The summed E-state index contributed by atoms with van der Waals surface area (Å²) < 4.78 is 0. The number of para-hydroxylation sites is 1. The molecule has 0 aromatic heterocycles. The van der Waals surface area contributed by atoms with E-state index in [2.05, 4.69) is 70.1 Å². The topological polar surface area (TPSA) is 30.5 Å². The number of hydrogen-bond acceptors (Lipinski definition) is 5. The van der Waals surface area contributed by atoms with Crippen molar-refractivity contribution in [2.45, 2.75) is 5.50 Å². The maximum Gasteiger partial charge on any atom is 0.125 e. The van der Waals surface area contributed by atoms with Crippen molar-refractivity contribution >= 4 is 23.9 Å². The van der Waals surface area contributed by atoms with Gasteiger partial charge < -0.3 is 15.5 Å². The molecule has 5 heteroatoms. The molecule has 1 unspecified atom stereocenters. The quantitative estimate of drug-likeness (QED) is 0.587. The molecule has 2 aliphatic rings. The Kier molecular flexibility index (Phi) is 4.41. The molecule has 2 N–H and O–H groups in total. The molecule has 1 saturated heterocycles. The third-order valence-corrected chi connectivity index (χ3v) is 4.58. The number of piperazine rings is 1. The van der Waals surface area contributed by atoms with Crippen LogP contribution in [0.25, 0.3) is 5.57 Å². The lowest BCUT2D eigenvalue weighted by Crippen LogP contribution is -2.50. The van der Waals surface area contributed by atoms with E-state index in [0.717, 1.165) is 32.7 Å². The van der Waals surface area contributed by atoms with E-state index in [9.17, 15) is 0 Å². The van der Waals surface area contributed by atoms with E-state index < -0.39 is 0 Å². The van der Waals surface area contributed by atoms with E-state index in [1.54, 1.807) is 0 Å². The first-order chi connectivity index (χ1) is 10.3. The summed E-state index contributed by atoms with van der Waals surface area (Å²) in [4.78, 5) is 4.58. The standard InChI is InChI=1S/C16H22N4S/c1-2-19-7-9-20(10-8-19)16(21)18-12-13-11-17-15-6-4-3-5-14(13)15/h2-6,12,16-18,21H,1,7-11H2/b13-12-. The fourth-order valence-electron chi connectivity index (χ4n) is 2.78. The largest absolute Gasteiger partial charge is 0.380 e. The first kappa shape index (κ1) is 14.4. The van der Waals surface area contributed by atoms with Gasteiger partial charge in [-0.05, 0) is 17.8 Å². The van der Waals surface area contributed by atoms with Crippen LogP contribution in [0.2, 0.25) is 0 Å². The smallest absolute Gasteiger partial charge is 0.125 e. The van der Waals surface area contributed by atoms with Crippen LogP contribution in [0.4, 0.5) is 5.69 Å². The number of benzene rings is 1. The molecule has 0 aliphatic carbocycles. The fourth-order valence-corrected chi connectivity index (χ4v) is 3.08. The second-order valence-corrected chi connectivity index (χ2v) is 5.85. The van der Waals surface area contributed by atoms with Gasteiger partial charge in [0.15, 0.2) is 0 Å². The van der Waals surface area contributed by atoms with Crippen LogP contribution in [0.5, 0.6) is 0 Å². The number of thiol groups is 1. The Labute approximate surface area is 131 Å². The summed E-state index contributed by atoms with van der Waals surface area (Å²) in [6.45, 7) is 8.74. The summed E-state index contributed by atoms with van der Waals surface area (Å²) in [6, 6.07) is 8.40. The van der Waals surface area contributed by atoms with E-state index in [4.69, 9.17) is 0 Å². The van der Waals surface area contributed by atoms with Crippen LogP contribution >= 0.6 is 12.6 Å². The van der Waals surface area contributed by atoms with Crippen molar-refractivity contribution in [2.24, 2.45) is 0 Å². The second kappa shape index (κ2) is 6.45. The molecule has 3 rings (SSSR count). The van der Waals surface area contributed by atoms with Crippen molar-refractivity contribution in [3.05, 3.63) is 48.8 Å². The zero-order valence-corrected chi connectivity index (χ0v) is 13.0. The molecule has 2 heterocycles. The molecule has 21 heavy (non-hydrogen) atoms. The van der Waals surface area contributed by atoms with E-state index in [1.807, 2.05) is 6.20 Å². The van der Waals surface area contributed by atoms with Gasteiger partial charge in [0.05, 0.1) is 0 Å². The highest BCUT2D eigenvalue weighted by Gasteiger charge is 2.20. The predicted molar refractivity (Wildman–Crippen MR) is 92.2 cm³/mol. The van der Waals surface area contributed by atoms with Crippen LogP contribution in [0.15, 0.2) is 43.2 Å². The molecule has 2 aliphatic heterocycles. The summed E-state index contributed by atoms with van der Waals surface area (Å²) in [7, 11) is 0. The normalized spacial score (nSPS) is 21.8. The zero-order chi connectivity index (χ0) is 14.7. The summed E-state index contributed by atoms with van der Waals surface area (Å²) in [5, 5.41) is 6.81. The van der Waals surface area contributed by atoms with Crippen molar-refractivity contribution in [3.8, 4) is 0 Å². The molecule has 0 amide bonds. The van der Waals surface area contributed by atoms with Crippen LogP contribution in [0.1, 0.15) is 5.56 Å². The Morgan fingerprint density at radius 1 is 1.24 bits per heavy atom.